The van der Waals surface area contributed by atoms with Gasteiger partial charge in [0.25, 0.3) is 0 Å². The van der Waals surface area contributed by atoms with E-state index in [-0.39, 0.29) is 5.54 Å². The molecule has 0 aliphatic rings. The van der Waals surface area contributed by atoms with Gasteiger partial charge in [0.05, 0.1) is 0 Å². The van der Waals surface area contributed by atoms with Gasteiger partial charge in [-0.15, -0.1) is 11.6 Å². The highest BCUT2D eigenvalue weighted by atomic mass is 35.5. The predicted molar refractivity (Wildman–Crippen MR) is 71.3 cm³/mol. The van der Waals surface area contributed by atoms with Gasteiger partial charge in [-0.25, -0.2) is 4.98 Å². The molecule has 3 heteroatoms. The molecule has 90 valence electrons. The first-order valence-corrected chi connectivity index (χ1v) is 6.22. The normalized spacial score (nSPS) is 11.6. The quantitative estimate of drug-likeness (QED) is 0.746. The van der Waals surface area contributed by atoms with Crippen LogP contribution in [0.5, 0.6) is 0 Å². The predicted octanol–water partition coefficient (Wildman–Crippen LogP) is 3.75. The van der Waals surface area contributed by atoms with E-state index in [1.165, 1.54) is 0 Å². The van der Waals surface area contributed by atoms with Crippen molar-refractivity contribution in [2.75, 3.05) is 11.9 Å². The summed E-state index contributed by atoms with van der Waals surface area (Å²) in [6.45, 7) is 8.64. The maximum Gasteiger partial charge on any atom is 0.128 e. The Bertz CT molecular complexity index is 361. The van der Waals surface area contributed by atoms with Crippen molar-refractivity contribution in [2.45, 2.75) is 45.5 Å². The summed E-state index contributed by atoms with van der Waals surface area (Å²) in [6.07, 6.45) is 1.08. The Morgan fingerprint density at radius 3 is 2.44 bits per heavy atom. The number of aryl methyl sites for hydroxylation is 1. The number of anilines is 1. The molecule has 1 aromatic rings. The van der Waals surface area contributed by atoms with E-state index in [0.717, 1.165) is 23.5 Å². The summed E-state index contributed by atoms with van der Waals surface area (Å²) in [5.74, 6) is 1.54. The van der Waals surface area contributed by atoms with E-state index < -0.39 is 0 Å². The zero-order chi connectivity index (χ0) is 12.3. The summed E-state index contributed by atoms with van der Waals surface area (Å²) >= 11 is 5.83. The molecule has 0 aromatic carbocycles. The van der Waals surface area contributed by atoms with Crippen molar-refractivity contribution < 1.29 is 0 Å². The summed E-state index contributed by atoms with van der Waals surface area (Å²) in [4.78, 5) is 6.82. The second-order valence-electron chi connectivity index (χ2n) is 4.77. The van der Waals surface area contributed by atoms with Crippen LogP contribution in [0.1, 0.15) is 38.4 Å². The van der Waals surface area contributed by atoms with Gasteiger partial charge in [0, 0.05) is 24.2 Å². The largest absolute Gasteiger partial charge is 0.355 e. The van der Waals surface area contributed by atoms with E-state index in [0.29, 0.717) is 5.88 Å². The monoisotopic (exact) mass is 240 g/mol. The third-order valence-corrected chi connectivity index (χ3v) is 3.73. The molecule has 0 unspecified atom stereocenters. The van der Waals surface area contributed by atoms with Crippen molar-refractivity contribution in [1.82, 2.24) is 4.98 Å². The van der Waals surface area contributed by atoms with Crippen LogP contribution in [0.15, 0.2) is 12.1 Å². The molecule has 1 heterocycles. The molecule has 0 N–H and O–H groups in total. The lowest BCUT2D eigenvalue weighted by Gasteiger charge is -2.36. The highest BCUT2D eigenvalue weighted by molar-refractivity contribution is 6.17. The molecule has 0 aliphatic heterocycles. The van der Waals surface area contributed by atoms with Crippen molar-refractivity contribution in [1.29, 1.82) is 0 Å². The zero-order valence-corrected chi connectivity index (χ0v) is 11.6. The van der Waals surface area contributed by atoms with Crippen LogP contribution in [-0.4, -0.2) is 17.6 Å². The molecule has 0 atom stereocenters. The van der Waals surface area contributed by atoms with Gasteiger partial charge in [-0.05, 0) is 38.8 Å². The zero-order valence-electron chi connectivity index (χ0n) is 10.8. The Morgan fingerprint density at radius 1 is 1.38 bits per heavy atom. The van der Waals surface area contributed by atoms with Crippen LogP contribution < -0.4 is 4.90 Å². The van der Waals surface area contributed by atoms with Crippen molar-refractivity contribution in [2.24, 2.45) is 0 Å². The Hall–Kier alpha value is -0.760. The number of alkyl halides is 1. The van der Waals surface area contributed by atoms with Gasteiger partial charge in [-0.1, -0.05) is 13.0 Å². The highest BCUT2D eigenvalue weighted by Gasteiger charge is 2.22. The Kier molecular flexibility index (Phi) is 4.20. The molecule has 0 aliphatic carbocycles. The summed E-state index contributed by atoms with van der Waals surface area (Å²) in [5, 5.41) is 0. The van der Waals surface area contributed by atoms with Gasteiger partial charge in [0.1, 0.15) is 5.82 Å². The molecule has 0 amide bonds. The van der Waals surface area contributed by atoms with Gasteiger partial charge < -0.3 is 4.90 Å². The van der Waals surface area contributed by atoms with Crippen LogP contribution in [0.3, 0.4) is 0 Å². The number of rotatable bonds is 4. The molecule has 16 heavy (non-hydrogen) atoms. The van der Waals surface area contributed by atoms with Gasteiger partial charge >= 0.3 is 0 Å². The average Bonchev–Trinajstić information content (AvgIpc) is 2.27. The van der Waals surface area contributed by atoms with E-state index in [2.05, 4.69) is 43.8 Å². The molecule has 0 spiro atoms. The second-order valence-corrected chi connectivity index (χ2v) is 5.04. The summed E-state index contributed by atoms with van der Waals surface area (Å²) in [6, 6.07) is 4.11. The summed E-state index contributed by atoms with van der Waals surface area (Å²) < 4.78 is 0. The first-order chi connectivity index (χ1) is 7.42. The molecule has 0 bridgehead atoms. The number of hydrogen-bond acceptors (Lipinski definition) is 2. The number of nitrogens with zero attached hydrogens (tertiary/aromatic N) is 2. The minimum absolute atomic E-state index is 0.127. The fourth-order valence-corrected chi connectivity index (χ4v) is 1.73. The van der Waals surface area contributed by atoms with Crippen LogP contribution >= 0.6 is 11.6 Å². The molecule has 0 saturated heterocycles. The minimum Gasteiger partial charge on any atom is -0.355 e. The van der Waals surface area contributed by atoms with E-state index in [1.807, 2.05) is 13.0 Å². The van der Waals surface area contributed by atoms with Crippen LogP contribution in [-0.2, 0) is 5.88 Å². The van der Waals surface area contributed by atoms with Gasteiger partial charge in [-0.2, -0.15) is 0 Å². The van der Waals surface area contributed by atoms with Gasteiger partial charge in [-0.3, -0.25) is 0 Å². The Balaban J connectivity index is 3.02. The molecule has 2 nitrogen and oxygen atoms in total. The van der Waals surface area contributed by atoms with Crippen molar-refractivity contribution in [3.05, 3.63) is 23.4 Å². The lowest BCUT2D eigenvalue weighted by atomic mass is 10.00. The maximum atomic E-state index is 5.83. The first-order valence-electron chi connectivity index (χ1n) is 5.68. The smallest absolute Gasteiger partial charge is 0.128 e. The third kappa shape index (κ3) is 2.67. The van der Waals surface area contributed by atoms with Crippen LogP contribution in [0.25, 0.3) is 0 Å². The van der Waals surface area contributed by atoms with Crippen LogP contribution in [0.4, 0.5) is 5.82 Å². The average molecular weight is 241 g/mol. The highest BCUT2D eigenvalue weighted by Crippen LogP contribution is 2.24. The maximum absolute atomic E-state index is 5.83. The van der Waals surface area contributed by atoms with Crippen molar-refractivity contribution >= 4 is 17.4 Å². The van der Waals surface area contributed by atoms with Crippen molar-refractivity contribution in [3.63, 3.8) is 0 Å². The molecule has 0 fully saturated rings. The second kappa shape index (κ2) is 5.05. The fourth-order valence-electron chi connectivity index (χ4n) is 1.45. The van der Waals surface area contributed by atoms with Gasteiger partial charge in [0.15, 0.2) is 0 Å². The SMILES string of the molecule is CCC(C)(C)N(C)c1ccc(CCl)c(C)n1. The fraction of sp³-hybridized carbons (Fsp3) is 0.615. The van der Waals surface area contributed by atoms with E-state index in [4.69, 9.17) is 11.6 Å². The Morgan fingerprint density at radius 2 is 2.00 bits per heavy atom. The van der Waals surface area contributed by atoms with Crippen molar-refractivity contribution in [3.8, 4) is 0 Å². The number of hydrogen-bond donors (Lipinski definition) is 0. The molecule has 0 radical (unpaired) electrons. The van der Waals surface area contributed by atoms with E-state index in [1.54, 1.807) is 0 Å². The van der Waals surface area contributed by atoms with Crippen LogP contribution in [0, 0.1) is 6.92 Å². The minimum atomic E-state index is 0.127. The van der Waals surface area contributed by atoms with E-state index in [9.17, 15) is 0 Å². The van der Waals surface area contributed by atoms with Crippen LogP contribution in [0.2, 0.25) is 0 Å². The summed E-state index contributed by atoms with van der Waals surface area (Å²) in [7, 11) is 2.09. The lowest BCUT2D eigenvalue weighted by Crippen LogP contribution is -2.41. The topological polar surface area (TPSA) is 16.1 Å². The molecular weight excluding hydrogens is 220 g/mol. The van der Waals surface area contributed by atoms with Gasteiger partial charge in [0.2, 0.25) is 0 Å². The third-order valence-electron chi connectivity index (χ3n) is 3.44. The molecule has 0 saturated carbocycles. The molecule has 1 aromatic heterocycles. The van der Waals surface area contributed by atoms with E-state index >= 15 is 0 Å². The lowest BCUT2D eigenvalue weighted by molar-refractivity contribution is 0.467. The summed E-state index contributed by atoms with van der Waals surface area (Å²) in [5.41, 5.74) is 2.25. The first kappa shape index (κ1) is 13.3. The standard InChI is InChI=1S/C13H21ClN2/c1-6-13(3,4)16(5)12-8-7-11(9-14)10(2)15-12/h7-8H,6,9H2,1-5H3. The number of halogens is 1. The number of aromatic nitrogens is 1. The Labute approximate surface area is 104 Å². The number of pyridine rings is 1. The molecular formula is C13H21ClN2. The molecule has 1 rings (SSSR count).